The number of para-hydroxylation sites is 1. The molecule has 0 radical (unpaired) electrons. The molecule has 0 saturated heterocycles. The summed E-state index contributed by atoms with van der Waals surface area (Å²) >= 11 is 0. The minimum absolute atomic E-state index is 0.655. The molecule has 0 spiro atoms. The number of hydrogen-bond acceptors (Lipinski definition) is 2. The van der Waals surface area contributed by atoms with E-state index in [0.717, 1.165) is 23.7 Å². The smallest absolute Gasteiger partial charge is 0.127 e. The molecule has 0 aliphatic heterocycles. The molecule has 17 heavy (non-hydrogen) atoms. The van der Waals surface area contributed by atoms with Crippen molar-refractivity contribution in [2.24, 2.45) is 0 Å². The normalized spacial score (nSPS) is 10.2. The summed E-state index contributed by atoms with van der Waals surface area (Å²) in [5.74, 6) is 1.70. The Morgan fingerprint density at radius 3 is 2.12 bits per heavy atom. The van der Waals surface area contributed by atoms with Crippen molar-refractivity contribution >= 4 is 0 Å². The first kappa shape index (κ1) is 11.7. The molecule has 0 N–H and O–H groups in total. The number of hydrogen-bond donors (Lipinski definition) is 0. The van der Waals surface area contributed by atoms with Crippen LogP contribution >= 0.6 is 0 Å². The van der Waals surface area contributed by atoms with E-state index in [-0.39, 0.29) is 0 Å². The van der Waals surface area contributed by atoms with Gasteiger partial charge in [0.2, 0.25) is 0 Å². The van der Waals surface area contributed by atoms with Gasteiger partial charge in [-0.05, 0) is 36.8 Å². The Balaban J connectivity index is 1.98. The molecule has 0 unspecified atom stereocenters. The van der Waals surface area contributed by atoms with Crippen LogP contribution in [0.15, 0.2) is 54.6 Å². The van der Waals surface area contributed by atoms with Crippen LogP contribution in [0.2, 0.25) is 0 Å². The maximum atomic E-state index is 5.70. The molecule has 2 heteroatoms. The number of benzene rings is 2. The Labute approximate surface area is 102 Å². The van der Waals surface area contributed by atoms with Crippen LogP contribution in [0.4, 0.5) is 0 Å². The molecule has 88 valence electrons. The van der Waals surface area contributed by atoms with E-state index in [0.29, 0.717) is 6.61 Å². The lowest BCUT2D eigenvalue weighted by Crippen LogP contribution is -1.91. The van der Waals surface area contributed by atoms with Crippen LogP contribution in [0.25, 0.3) is 0 Å². The Morgan fingerprint density at radius 2 is 1.47 bits per heavy atom. The third-order valence-electron chi connectivity index (χ3n) is 2.38. The highest BCUT2D eigenvalue weighted by Crippen LogP contribution is 2.21. The van der Waals surface area contributed by atoms with Crippen LogP contribution in [0.1, 0.15) is 12.5 Å². The zero-order valence-electron chi connectivity index (χ0n) is 9.93. The van der Waals surface area contributed by atoms with Gasteiger partial charge in [-0.1, -0.05) is 30.3 Å². The molecule has 2 rings (SSSR count). The molecule has 2 aromatic rings. The van der Waals surface area contributed by atoms with Gasteiger partial charge in [0.15, 0.2) is 0 Å². The SMILES string of the molecule is CCOCc1ccc(Oc2ccccc2)cc1. The summed E-state index contributed by atoms with van der Waals surface area (Å²) in [6.07, 6.45) is 0. The zero-order valence-corrected chi connectivity index (χ0v) is 9.93. The monoisotopic (exact) mass is 228 g/mol. The Hall–Kier alpha value is -1.80. The summed E-state index contributed by atoms with van der Waals surface area (Å²) in [5.41, 5.74) is 1.16. The summed E-state index contributed by atoms with van der Waals surface area (Å²) in [4.78, 5) is 0. The molecule has 0 bridgehead atoms. The lowest BCUT2D eigenvalue weighted by Gasteiger charge is -2.06. The lowest BCUT2D eigenvalue weighted by atomic mass is 10.2. The molecule has 0 aromatic heterocycles. The predicted octanol–water partition coefficient (Wildman–Crippen LogP) is 4.02. The molecule has 0 fully saturated rings. The van der Waals surface area contributed by atoms with E-state index in [1.54, 1.807) is 0 Å². The van der Waals surface area contributed by atoms with Crippen LogP contribution in [0, 0.1) is 0 Å². The van der Waals surface area contributed by atoms with Crippen molar-refractivity contribution in [2.75, 3.05) is 6.61 Å². The molecular formula is C15H16O2. The second-order valence-corrected chi connectivity index (χ2v) is 3.70. The molecule has 0 saturated carbocycles. The van der Waals surface area contributed by atoms with Crippen molar-refractivity contribution < 1.29 is 9.47 Å². The van der Waals surface area contributed by atoms with Crippen molar-refractivity contribution in [1.82, 2.24) is 0 Å². The van der Waals surface area contributed by atoms with Crippen LogP contribution in [-0.2, 0) is 11.3 Å². The fourth-order valence-corrected chi connectivity index (χ4v) is 1.50. The van der Waals surface area contributed by atoms with Crippen molar-refractivity contribution in [3.05, 3.63) is 60.2 Å². The summed E-state index contributed by atoms with van der Waals surface area (Å²) in [6.45, 7) is 3.39. The summed E-state index contributed by atoms with van der Waals surface area (Å²) < 4.78 is 11.0. The van der Waals surface area contributed by atoms with E-state index < -0.39 is 0 Å². The standard InChI is InChI=1S/C15H16O2/c1-2-16-12-13-8-10-15(11-9-13)17-14-6-4-3-5-7-14/h3-11H,2,12H2,1H3. The quantitative estimate of drug-likeness (QED) is 0.769. The maximum absolute atomic E-state index is 5.70. The van der Waals surface area contributed by atoms with Crippen LogP contribution < -0.4 is 4.74 Å². The van der Waals surface area contributed by atoms with Crippen molar-refractivity contribution in [1.29, 1.82) is 0 Å². The number of rotatable bonds is 5. The fourth-order valence-electron chi connectivity index (χ4n) is 1.50. The van der Waals surface area contributed by atoms with E-state index in [1.165, 1.54) is 0 Å². The molecule has 0 aliphatic carbocycles. The van der Waals surface area contributed by atoms with Crippen molar-refractivity contribution in [2.45, 2.75) is 13.5 Å². The average molecular weight is 228 g/mol. The molecule has 0 heterocycles. The highest BCUT2D eigenvalue weighted by molar-refractivity contribution is 5.32. The predicted molar refractivity (Wildman–Crippen MR) is 68.3 cm³/mol. The van der Waals surface area contributed by atoms with Crippen LogP contribution in [0.5, 0.6) is 11.5 Å². The first-order valence-electron chi connectivity index (χ1n) is 5.78. The average Bonchev–Trinajstić information content (AvgIpc) is 2.39. The van der Waals surface area contributed by atoms with Gasteiger partial charge in [0, 0.05) is 6.61 Å². The van der Waals surface area contributed by atoms with Gasteiger partial charge in [-0.3, -0.25) is 0 Å². The third-order valence-corrected chi connectivity index (χ3v) is 2.38. The van der Waals surface area contributed by atoms with Gasteiger partial charge >= 0.3 is 0 Å². The second-order valence-electron chi connectivity index (χ2n) is 3.70. The topological polar surface area (TPSA) is 18.5 Å². The van der Waals surface area contributed by atoms with E-state index in [9.17, 15) is 0 Å². The Bertz CT molecular complexity index is 434. The highest BCUT2D eigenvalue weighted by atomic mass is 16.5. The molecule has 2 aromatic carbocycles. The van der Waals surface area contributed by atoms with E-state index in [1.807, 2.05) is 61.5 Å². The van der Waals surface area contributed by atoms with Gasteiger partial charge in [0.1, 0.15) is 11.5 Å². The summed E-state index contributed by atoms with van der Waals surface area (Å²) in [6, 6.07) is 17.7. The van der Waals surface area contributed by atoms with E-state index >= 15 is 0 Å². The molecule has 2 nitrogen and oxygen atoms in total. The number of ether oxygens (including phenoxy) is 2. The molecule has 0 amide bonds. The first-order valence-corrected chi connectivity index (χ1v) is 5.78. The maximum Gasteiger partial charge on any atom is 0.127 e. The van der Waals surface area contributed by atoms with Gasteiger partial charge in [-0.2, -0.15) is 0 Å². The van der Waals surface area contributed by atoms with Gasteiger partial charge < -0.3 is 9.47 Å². The van der Waals surface area contributed by atoms with Crippen molar-refractivity contribution in [3.8, 4) is 11.5 Å². The molecule has 0 aliphatic rings. The van der Waals surface area contributed by atoms with Gasteiger partial charge in [-0.15, -0.1) is 0 Å². The third kappa shape index (κ3) is 3.61. The lowest BCUT2D eigenvalue weighted by molar-refractivity contribution is 0.134. The van der Waals surface area contributed by atoms with Crippen molar-refractivity contribution in [3.63, 3.8) is 0 Å². The summed E-state index contributed by atoms with van der Waals surface area (Å²) in [7, 11) is 0. The van der Waals surface area contributed by atoms with E-state index in [4.69, 9.17) is 9.47 Å². The van der Waals surface area contributed by atoms with Gasteiger partial charge in [-0.25, -0.2) is 0 Å². The van der Waals surface area contributed by atoms with E-state index in [2.05, 4.69) is 0 Å². The molecule has 0 atom stereocenters. The van der Waals surface area contributed by atoms with Crippen LogP contribution in [-0.4, -0.2) is 6.61 Å². The Morgan fingerprint density at radius 1 is 0.824 bits per heavy atom. The van der Waals surface area contributed by atoms with Crippen LogP contribution in [0.3, 0.4) is 0 Å². The summed E-state index contributed by atoms with van der Waals surface area (Å²) in [5, 5.41) is 0. The van der Waals surface area contributed by atoms with Gasteiger partial charge in [0.05, 0.1) is 6.61 Å². The second kappa shape index (κ2) is 6.06. The minimum atomic E-state index is 0.655. The van der Waals surface area contributed by atoms with Gasteiger partial charge in [0.25, 0.3) is 0 Å². The largest absolute Gasteiger partial charge is 0.457 e. The minimum Gasteiger partial charge on any atom is -0.457 e. The first-order chi connectivity index (χ1) is 8.38. The fraction of sp³-hybridized carbons (Fsp3) is 0.200. The Kier molecular flexibility index (Phi) is 4.17. The molecular weight excluding hydrogens is 212 g/mol. The highest BCUT2D eigenvalue weighted by Gasteiger charge is 1.97. The zero-order chi connectivity index (χ0) is 11.9.